The van der Waals surface area contributed by atoms with Gasteiger partial charge in [0, 0.05) is 4.88 Å². The number of hydrogen-bond acceptors (Lipinski definition) is 4. The Balaban J connectivity index is 1.76. The molecule has 0 bridgehead atoms. The highest BCUT2D eigenvalue weighted by molar-refractivity contribution is 7.19. The highest BCUT2D eigenvalue weighted by Gasteiger charge is 2.32. The van der Waals surface area contributed by atoms with Crippen molar-refractivity contribution in [2.45, 2.75) is 40.0 Å². The van der Waals surface area contributed by atoms with E-state index >= 15 is 0 Å². The maximum absolute atomic E-state index is 4.69. The van der Waals surface area contributed by atoms with Crippen LogP contribution in [0.4, 0.5) is 5.82 Å². The Morgan fingerprint density at radius 3 is 2.74 bits per heavy atom. The van der Waals surface area contributed by atoms with Crippen molar-refractivity contribution in [1.29, 1.82) is 0 Å². The first-order chi connectivity index (χ1) is 11.0. The van der Waals surface area contributed by atoms with Gasteiger partial charge in [-0.3, -0.25) is 0 Å². The highest BCUT2D eigenvalue weighted by atomic mass is 32.1. The van der Waals surface area contributed by atoms with Crippen molar-refractivity contribution in [1.82, 2.24) is 9.97 Å². The summed E-state index contributed by atoms with van der Waals surface area (Å²) in [5, 5.41) is 3.76. The summed E-state index contributed by atoms with van der Waals surface area (Å²) < 4.78 is 0. The highest BCUT2D eigenvalue weighted by Crippen LogP contribution is 2.44. The lowest BCUT2D eigenvalue weighted by Crippen LogP contribution is -2.89. The van der Waals surface area contributed by atoms with Gasteiger partial charge in [-0.25, -0.2) is 9.97 Å². The molecule has 2 aromatic heterocycles. The van der Waals surface area contributed by atoms with Gasteiger partial charge < -0.3 is 10.2 Å². The summed E-state index contributed by atoms with van der Waals surface area (Å²) >= 11 is 1.91. The number of rotatable bonds is 1. The Labute approximate surface area is 142 Å². The molecule has 124 valence electrons. The first-order valence-corrected chi connectivity index (χ1v) is 9.67. The third-order valence-corrected chi connectivity index (χ3v) is 6.72. The van der Waals surface area contributed by atoms with Crippen LogP contribution in [0.15, 0.2) is 6.33 Å². The quantitative estimate of drug-likeness (QED) is 0.871. The number of anilines is 1. The molecule has 4 rings (SSSR count). The molecule has 2 N–H and O–H groups in total. The predicted molar refractivity (Wildman–Crippen MR) is 96.3 cm³/mol. The minimum absolute atomic E-state index is 0.394. The molecule has 23 heavy (non-hydrogen) atoms. The van der Waals surface area contributed by atoms with Crippen LogP contribution in [0, 0.1) is 11.3 Å². The van der Waals surface area contributed by atoms with E-state index in [4.69, 9.17) is 0 Å². The van der Waals surface area contributed by atoms with E-state index in [-0.39, 0.29) is 0 Å². The van der Waals surface area contributed by atoms with Gasteiger partial charge >= 0.3 is 0 Å². The van der Waals surface area contributed by atoms with Crippen LogP contribution in [0.3, 0.4) is 0 Å². The fourth-order valence-corrected chi connectivity index (χ4v) is 5.30. The second-order valence-corrected chi connectivity index (χ2v) is 9.12. The average molecular weight is 332 g/mol. The second-order valence-electron chi connectivity index (χ2n) is 8.04. The van der Waals surface area contributed by atoms with Crippen molar-refractivity contribution >= 4 is 27.4 Å². The molecule has 0 unspecified atom stereocenters. The van der Waals surface area contributed by atoms with Crippen molar-refractivity contribution in [3.05, 3.63) is 16.8 Å². The number of thiophene rings is 1. The minimum atomic E-state index is 0.394. The van der Waals surface area contributed by atoms with Crippen LogP contribution in [0.1, 0.15) is 37.6 Å². The molecule has 0 saturated carbocycles. The Morgan fingerprint density at radius 2 is 2.00 bits per heavy atom. The monoisotopic (exact) mass is 331 g/mol. The SMILES string of the molecule is CC(C)(C)[C@H]1CCc2c(sc3ncnc(N4CC[NH2+]CC4)c23)C1. The van der Waals surface area contributed by atoms with Gasteiger partial charge in [0.1, 0.15) is 17.0 Å². The van der Waals surface area contributed by atoms with E-state index in [0.29, 0.717) is 5.41 Å². The van der Waals surface area contributed by atoms with Gasteiger partial charge in [-0.05, 0) is 36.2 Å². The van der Waals surface area contributed by atoms with Gasteiger partial charge in [0.15, 0.2) is 0 Å². The molecule has 2 aromatic rings. The van der Waals surface area contributed by atoms with Crippen LogP contribution in [0.2, 0.25) is 0 Å². The normalized spacial score (nSPS) is 22.4. The van der Waals surface area contributed by atoms with Crippen molar-refractivity contribution in [2.75, 3.05) is 31.1 Å². The van der Waals surface area contributed by atoms with Crippen molar-refractivity contribution in [3.63, 3.8) is 0 Å². The molecule has 0 spiro atoms. The molecule has 0 aromatic carbocycles. The summed E-state index contributed by atoms with van der Waals surface area (Å²) in [6.07, 6.45) is 5.47. The lowest BCUT2D eigenvalue weighted by atomic mass is 9.72. The molecule has 3 heterocycles. The largest absolute Gasteiger partial charge is 0.345 e. The van der Waals surface area contributed by atoms with E-state index in [0.717, 1.165) is 19.0 Å². The third-order valence-electron chi connectivity index (χ3n) is 5.56. The summed E-state index contributed by atoms with van der Waals surface area (Å²) in [4.78, 5) is 14.5. The minimum Gasteiger partial charge on any atom is -0.345 e. The van der Waals surface area contributed by atoms with Crippen molar-refractivity contribution in [3.8, 4) is 0 Å². The molecule has 2 aliphatic rings. The number of hydrogen-bond donors (Lipinski definition) is 1. The molecule has 0 radical (unpaired) electrons. The molecule has 1 aliphatic heterocycles. The topological polar surface area (TPSA) is 45.6 Å². The number of nitrogens with zero attached hydrogens (tertiary/aromatic N) is 3. The smallest absolute Gasteiger partial charge is 0.141 e. The molecular formula is C18H27N4S+. The van der Waals surface area contributed by atoms with E-state index in [1.165, 1.54) is 48.4 Å². The van der Waals surface area contributed by atoms with Crippen LogP contribution >= 0.6 is 11.3 Å². The molecule has 5 heteroatoms. The van der Waals surface area contributed by atoms with Crippen molar-refractivity contribution in [2.24, 2.45) is 11.3 Å². The first-order valence-electron chi connectivity index (χ1n) is 8.86. The molecule has 1 saturated heterocycles. The maximum atomic E-state index is 4.69. The summed E-state index contributed by atoms with van der Waals surface area (Å²) in [6.45, 7) is 11.7. The van der Waals surface area contributed by atoms with Gasteiger partial charge in [-0.1, -0.05) is 20.8 Å². The summed E-state index contributed by atoms with van der Waals surface area (Å²) in [5.41, 5.74) is 1.95. The Hall–Kier alpha value is -1.20. The van der Waals surface area contributed by atoms with Crippen molar-refractivity contribution < 1.29 is 5.32 Å². The average Bonchev–Trinajstić information content (AvgIpc) is 2.92. The zero-order chi connectivity index (χ0) is 16.0. The first kappa shape index (κ1) is 15.3. The van der Waals surface area contributed by atoms with Crippen LogP contribution in [-0.2, 0) is 12.8 Å². The van der Waals surface area contributed by atoms with Gasteiger partial charge in [0.2, 0.25) is 0 Å². The molecule has 1 fully saturated rings. The molecule has 4 nitrogen and oxygen atoms in total. The predicted octanol–water partition coefficient (Wildman–Crippen LogP) is 2.23. The van der Waals surface area contributed by atoms with Gasteiger partial charge in [0.25, 0.3) is 0 Å². The van der Waals surface area contributed by atoms with Crippen LogP contribution in [0.25, 0.3) is 10.2 Å². The number of fused-ring (bicyclic) bond motifs is 3. The fourth-order valence-electron chi connectivity index (χ4n) is 4.03. The van der Waals surface area contributed by atoms with E-state index in [9.17, 15) is 0 Å². The summed E-state index contributed by atoms with van der Waals surface area (Å²) in [6, 6.07) is 0. The maximum Gasteiger partial charge on any atom is 0.141 e. The van der Waals surface area contributed by atoms with Gasteiger partial charge in [0.05, 0.1) is 31.6 Å². The number of quaternary nitrogens is 1. The number of aryl methyl sites for hydroxylation is 1. The second kappa shape index (κ2) is 5.71. The van der Waals surface area contributed by atoms with E-state index in [1.807, 2.05) is 11.3 Å². The number of piperazine rings is 1. The lowest BCUT2D eigenvalue weighted by Gasteiger charge is -2.34. The van der Waals surface area contributed by atoms with Crippen LogP contribution in [-0.4, -0.2) is 36.1 Å². The van der Waals surface area contributed by atoms with Crippen LogP contribution < -0.4 is 10.2 Å². The zero-order valence-corrected chi connectivity index (χ0v) is 15.2. The number of aromatic nitrogens is 2. The zero-order valence-electron chi connectivity index (χ0n) is 14.4. The van der Waals surface area contributed by atoms with E-state index in [1.54, 1.807) is 16.8 Å². The van der Waals surface area contributed by atoms with Crippen LogP contribution in [0.5, 0.6) is 0 Å². The third kappa shape index (κ3) is 2.74. The standard InChI is InChI=1S/C18H26N4S/c1-18(2,3)12-4-5-13-14(10-12)23-17-15(13)16(20-11-21-17)22-8-6-19-7-9-22/h11-12,19H,4-10H2,1-3H3/p+1/t12-/m0/s1. The number of nitrogens with two attached hydrogens (primary N) is 1. The molecule has 1 atom stereocenters. The Bertz CT molecular complexity index is 710. The molecule has 0 amide bonds. The molecule has 1 aliphatic carbocycles. The van der Waals surface area contributed by atoms with Gasteiger partial charge in [-0.2, -0.15) is 0 Å². The fraction of sp³-hybridized carbons (Fsp3) is 0.667. The summed E-state index contributed by atoms with van der Waals surface area (Å²) in [5.74, 6) is 1.97. The van der Waals surface area contributed by atoms with E-state index < -0.39 is 0 Å². The lowest BCUT2D eigenvalue weighted by molar-refractivity contribution is -0.655. The Morgan fingerprint density at radius 1 is 1.22 bits per heavy atom. The van der Waals surface area contributed by atoms with E-state index in [2.05, 4.69) is 41.0 Å². The Kier molecular flexibility index (Phi) is 3.81. The summed E-state index contributed by atoms with van der Waals surface area (Å²) in [7, 11) is 0. The van der Waals surface area contributed by atoms with Gasteiger partial charge in [-0.15, -0.1) is 11.3 Å². The molecular weight excluding hydrogens is 304 g/mol.